The molecule has 2 aliphatic rings. The van der Waals surface area contributed by atoms with Gasteiger partial charge >= 0.3 is 0 Å². The molecule has 1 N–H and O–H groups in total. The molecule has 7 heteroatoms. The van der Waals surface area contributed by atoms with Crippen molar-refractivity contribution in [2.24, 2.45) is 0 Å². The third kappa shape index (κ3) is 3.79. The maximum atomic E-state index is 12.7. The minimum Gasteiger partial charge on any atom is -0.347 e. The maximum absolute atomic E-state index is 12.7. The highest BCUT2D eigenvalue weighted by Crippen LogP contribution is 2.31. The van der Waals surface area contributed by atoms with Crippen molar-refractivity contribution in [3.05, 3.63) is 47.4 Å². The van der Waals surface area contributed by atoms with Crippen LogP contribution in [0.1, 0.15) is 34.5 Å². The first kappa shape index (κ1) is 17.9. The number of ether oxygens (including phenoxy) is 2. The van der Waals surface area contributed by atoms with Crippen molar-refractivity contribution in [2.75, 3.05) is 31.6 Å². The van der Waals surface area contributed by atoms with Gasteiger partial charge in [0.2, 0.25) is 0 Å². The lowest BCUT2D eigenvalue weighted by molar-refractivity contribution is -0.181. The van der Waals surface area contributed by atoms with Crippen molar-refractivity contribution in [2.45, 2.75) is 32.5 Å². The summed E-state index contributed by atoms with van der Waals surface area (Å²) in [7, 11) is 0. The van der Waals surface area contributed by atoms with Crippen LogP contribution in [0.5, 0.6) is 0 Å². The molecule has 0 atom stereocenters. The summed E-state index contributed by atoms with van der Waals surface area (Å²) < 4.78 is 11.4. The summed E-state index contributed by atoms with van der Waals surface area (Å²) in [6, 6.07) is 6.16. The number of likely N-dealkylation sites (tertiary alicyclic amines) is 1. The van der Waals surface area contributed by atoms with Gasteiger partial charge in [-0.3, -0.25) is 4.79 Å². The minimum atomic E-state index is -0.484. The molecule has 7 nitrogen and oxygen atoms in total. The van der Waals surface area contributed by atoms with E-state index < -0.39 is 5.79 Å². The van der Waals surface area contributed by atoms with Crippen molar-refractivity contribution in [3.8, 4) is 0 Å². The Kier molecular flexibility index (Phi) is 4.80. The van der Waals surface area contributed by atoms with Crippen LogP contribution >= 0.6 is 0 Å². The molecule has 27 heavy (non-hydrogen) atoms. The fourth-order valence-corrected chi connectivity index (χ4v) is 3.59. The van der Waals surface area contributed by atoms with Crippen LogP contribution in [0.25, 0.3) is 0 Å². The first-order chi connectivity index (χ1) is 13.0. The van der Waals surface area contributed by atoms with Crippen molar-refractivity contribution in [3.63, 3.8) is 0 Å². The lowest BCUT2D eigenvalue weighted by Gasteiger charge is -2.37. The van der Waals surface area contributed by atoms with Crippen LogP contribution in [-0.2, 0) is 9.47 Å². The van der Waals surface area contributed by atoms with Crippen LogP contribution in [-0.4, -0.2) is 52.9 Å². The Morgan fingerprint density at radius 1 is 1.11 bits per heavy atom. The Morgan fingerprint density at radius 3 is 2.48 bits per heavy atom. The lowest BCUT2D eigenvalue weighted by atomic mass is 10.0. The number of nitrogens with zero attached hydrogens (tertiary/aromatic N) is 3. The number of piperidine rings is 1. The predicted molar refractivity (Wildman–Crippen MR) is 101 cm³/mol. The summed E-state index contributed by atoms with van der Waals surface area (Å²) in [4.78, 5) is 23.1. The van der Waals surface area contributed by atoms with Crippen LogP contribution in [0, 0.1) is 13.8 Å². The Bertz CT molecular complexity index is 822. The standard InChI is InChI=1S/C20H24N4O3/c1-14-3-4-16(15(2)11-14)23-18-13-21-17(12-22-18)19(25)24-7-5-20(6-8-24)26-9-10-27-20/h3-4,11-13H,5-10H2,1-2H3,(H,22,23). The highest BCUT2D eigenvalue weighted by Gasteiger charge is 2.41. The molecule has 0 saturated carbocycles. The Balaban J connectivity index is 1.39. The van der Waals surface area contributed by atoms with Crippen LogP contribution < -0.4 is 5.32 Å². The highest BCUT2D eigenvalue weighted by atomic mass is 16.7. The van der Waals surface area contributed by atoms with Gasteiger partial charge in [-0.1, -0.05) is 17.7 Å². The fraction of sp³-hybridized carbons (Fsp3) is 0.450. The second kappa shape index (κ2) is 7.25. The second-order valence-corrected chi connectivity index (χ2v) is 7.13. The number of anilines is 2. The molecule has 2 aromatic rings. The normalized spacial score (nSPS) is 18.7. The highest BCUT2D eigenvalue weighted by molar-refractivity contribution is 5.92. The molecular formula is C20H24N4O3. The number of hydrogen-bond acceptors (Lipinski definition) is 6. The van der Waals surface area contributed by atoms with E-state index in [1.807, 2.05) is 19.1 Å². The van der Waals surface area contributed by atoms with E-state index in [-0.39, 0.29) is 5.91 Å². The summed E-state index contributed by atoms with van der Waals surface area (Å²) >= 11 is 0. The van der Waals surface area contributed by atoms with E-state index in [9.17, 15) is 4.79 Å². The molecule has 1 spiro atoms. The zero-order chi connectivity index (χ0) is 18.9. The number of aromatic nitrogens is 2. The number of carbonyl (C=O) groups is 1. The quantitative estimate of drug-likeness (QED) is 0.898. The molecule has 4 rings (SSSR count). The van der Waals surface area contributed by atoms with Crippen LogP contribution in [0.2, 0.25) is 0 Å². The third-order valence-electron chi connectivity index (χ3n) is 5.14. The lowest BCUT2D eigenvalue weighted by Crippen LogP contribution is -2.47. The number of amides is 1. The molecule has 0 radical (unpaired) electrons. The summed E-state index contributed by atoms with van der Waals surface area (Å²) in [6.07, 6.45) is 4.51. The number of hydrogen-bond donors (Lipinski definition) is 1. The van der Waals surface area contributed by atoms with E-state index in [1.54, 1.807) is 11.1 Å². The summed E-state index contributed by atoms with van der Waals surface area (Å²) in [5, 5.41) is 3.25. The van der Waals surface area contributed by atoms with Crippen LogP contribution in [0.3, 0.4) is 0 Å². The predicted octanol–water partition coefficient (Wildman–Crippen LogP) is 2.82. The molecule has 3 heterocycles. The average Bonchev–Trinajstić information content (AvgIpc) is 3.13. The van der Waals surface area contributed by atoms with Gasteiger partial charge in [-0.15, -0.1) is 0 Å². The van der Waals surface area contributed by atoms with Gasteiger partial charge in [0.05, 0.1) is 25.6 Å². The topological polar surface area (TPSA) is 76.6 Å². The molecule has 1 aromatic heterocycles. The summed E-state index contributed by atoms with van der Waals surface area (Å²) in [6.45, 7) is 6.57. The first-order valence-electron chi connectivity index (χ1n) is 9.28. The molecule has 1 aromatic carbocycles. The van der Waals surface area contributed by atoms with Crippen LogP contribution in [0.15, 0.2) is 30.6 Å². The molecule has 1 amide bonds. The van der Waals surface area contributed by atoms with Gasteiger partial charge in [-0.25, -0.2) is 9.97 Å². The van der Waals surface area contributed by atoms with Gasteiger partial charge in [-0.05, 0) is 25.5 Å². The Labute approximate surface area is 158 Å². The van der Waals surface area contributed by atoms with Gasteiger partial charge in [0, 0.05) is 31.6 Å². The van der Waals surface area contributed by atoms with E-state index in [0.717, 1.165) is 11.3 Å². The summed E-state index contributed by atoms with van der Waals surface area (Å²) in [5.74, 6) is 0.0274. The zero-order valence-electron chi connectivity index (χ0n) is 15.7. The molecule has 0 unspecified atom stereocenters. The summed E-state index contributed by atoms with van der Waals surface area (Å²) in [5.41, 5.74) is 3.68. The number of nitrogens with one attached hydrogen (secondary N) is 1. The number of rotatable bonds is 3. The van der Waals surface area contributed by atoms with E-state index in [0.29, 0.717) is 50.7 Å². The number of aryl methyl sites for hydroxylation is 2. The minimum absolute atomic E-state index is 0.103. The first-order valence-corrected chi connectivity index (χ1v) is 9.28. The number of benzene rings is 1. The Morgan fingerprint density at radius 2 is 1.85 bits per heavy atom. The van der Waals surface area contributed by atoms with Gasteiger partial charge in [0.1, 0.15) is 11.5 Å². The molecule has 142 valence electrons. The molecule has 2 fully saturated rings. The monoisotopic (exact) mass is 368 g/mol. The van der Waals surface area contributed by atoms with E-state index >= 15 is 0 Å². The SMILES string of the molecule is Cc1ccc(Nc2cnc(C(=O)N3CCC4(CC3)OCCO4)cn2)c(C)c1. The molecule has 0 aliphatic carbocycles. The fourth-order valence-electron chi connectivity index (χ4n) is 3.59. The molecule has 0 bridgehead atoms. The van der Waals surface area contributed by atoms with Gasteiger partial charge in [-0.2, -0.15) is 0 Å². The van der Waals surface area contributed by atoms with Gasteiger partial charge < -0.3 is 19.7 Å². The average molecular weight is 368 g/mol. The van der Waals surface area contributed by atoms with E-state index in [1.165, 1.54) is 11.8 Å². The smallest absolute Gasteiger partial charge is 0.274 e. The van der Waals surface area contributed by atoms with Crippen LogP contribution in [0.4, 0.5) is 11.5 Å². The molecule has 2 saturated heterocycles. The largest absolute Gasteiger partial charge is 0.347 e. The maximum Gasteiger partial charge on any atom is 0.274 e. The van der Waals surface area contributed by atoms with Gasteiger partial charge in [0.15, 0.2) is 5.79 Å². The molecular weight excluding hydrogens is 344 g/mol. The third-order valence-corrected chi connectivity index (χ3v) is 5.14. The Hall–Kier alpha value is -2.51. The molecule has 2 aliphatic heterocycles. The van der Waals surface area contributed by atoms with E-state index in [2.05, 4.69) is 28.3 Å². The zero-order valence-corrected chi connectivity index (χ0v) is 15.7. The van der Waals surface area contributed by atoms with Gasteiger partial charge in [0.25, 0.3) is 5.91 Å². The van der Waals surface area contributed by atoms with E-state index in [4.69, 9.17) is 9.47 Å². The second-order valence-electron chi connectivity index (χ2n) is 7.13. The van der Waals surface area contributed by atoms with Crippen molar-refractivity contribution < 1.29 is 14.3 Å². The van der Waals surface area contributed by atoms with Crippen molar-refractivity contribution in [1.29, 1.82) is 0 Å². The van der Waals surface area contributed by atoms with Crippen molar-refractivity contribution in [1.82, 2.24) is 14.9 Å². The van der Waals surface area contributed by atoms with Crippen molar-refractivity contribution >= 4 is 17.4 Å². The number of carbonyl (C=O) groups excluding carboxylic acids is 1.